The zero-order valence-electron chi connectivity index (χ0n) is 10.2. The number of aliphatic hydroxyl groups excluding tert-OH is 1. The Morgan fingerprint density at radius 2 is 1.69 bits per heavy atom. The van der Waals surface area contributed by atoms with E-state index in [0.717, 1.165) is 24.8 Å². The summed E-state index contributed by atoms with van der Waals surface area (Å²) in [7, 11) is 0. The molecule has 1 aromatic carbocycles. The maximum Gasteiger partial charge on any atom is 0.0474 e. The van der Waals surface area contributed by atoms with Gasteiger partial charge in [0.2, 0.25) is 0 Å². The topological polar surface area (TPSA) is 20.2 Å². The summed E-state index contributed by atoms with van der Waals surface area (Å²) in [5.74, 6) is 0. The van der Waals surface area contributed by atoms with Crippen LogP contribution in [0.3, 0.4) is 0 Å². The summed E-state index contributed by atoms with van der Waals surface area (Å²) >= 11 is 0. The van der Waals surface area contributed by atoms with Crippen LogP contribution >= 0.6 is 0 Å². The molecular formula is C15H20O. The van der Waals surface area contributed by atoms with Crippen molar-refractivity contribution in [3.05, 3.63) is 52.8 Å². The Hall–Kier alpha value is -1.30. The molecule has 0 aliphatic rings. The first-order chi connectivity index (χ1) is 7.72. The van der Waals surface area contributed by atoms with Gasteiger partial charge in [-0.05, 0) is 49.8 Å². The minimum Gasteiger partial charge on any atom is -0.396 e. The predicted molar refractivity (Wildman–Crippen MR) is 68.4 cm³/mol. The van der Waals surface area contributed by atoms with Crippen LogP contribution in [0, 0.1) is 0 Å². The van der Waals surface area contributed by atoms with Gasteiger partial charge in [-0.25, -0.2) is 0 Å². The predicted octanol–water partition coefficient (Wildman–Crippen LogP) is 3.49. The summed E-state index contributed by atoms with van der Waals surface area (Å²) in [6.07, 6.45) is 2.82. The summed E-state index contributed by atoms with van der Waals surface area (Å²) < 4.78 is 0. The van der Waals surface area contributed by atoms with Gasteiger partial charge in [0.25, 0.3) is 0 Å². The average molecular weight is 216 g/mol. The van der Waals surface area contributed by atoms with Crippen LogP contribution in [0.2, 0.25) is 0 Å². The summed E-state index contributed by atoms with van der Waals surface area (Å²) in [6.45, 7) is 4.33. The summed E-state index contributed by atoms with van der Waals surface area (Å²) in [6, 6.07) is 10.5. The number of benzene rings is 1. The van der Waals surface area contributed by atoms with Crippen LogP contribution in [0.5, 0.6) is 0 Å². The van der Waals surface area contributed by atoms with Gasteiger partial charge < -0.3 is 5.11 Å². The molecular weight excluding hydrogens is 196 g/mol. The fourth-order valence-corrected chi connectivity index (χ4v) is 1.63. The van der Waals surface area contributed by atoms with E-state index in [9.17, 15) is 0 Å². The quantitative estimate of drug-likeness (QED) is 0.747. The van der Waals surface area contributed by atoms with Gasteiger partial charge in [0.15, 0.2) is 0 Å². The molecule has 0 unspecified atom stereocenters. The molecule has 0 saturated carbocycles. The lowest BCUT2D eigenvalue weighted by Gasteiger charge is -2.00. The molecule has 16 heavy (non-hydrogen) atoms. The van der Waals surface area contributed by atoms with Crippen LogP contribution in [0.4, 0.5) is 0 Å². The Morgan fingerprint density at radius 1 is 1.06 bits per heavy atom. The van der Waals surface area contributed by atoms with Gasteiger partial charge in [0.1, 0.15) is 0 Å². The van der Waals surface area contributed by atoms with Crippen molar-refractivity contribution in [2.45, 2.75) is 33.1 Å². The molecule has 0 heterocycles. The highest BCUT2D eigenvalue weighted by Crippen LogP contribution is 2.09. The van der Waals surface area contributed by atoms with Crippen LogP contribution in [0.1, 0.15) is 32.3 Å². The van der Waals surface area contributed by atoms with Gasteiger partial charge in [-0.3, -0.25) is 0 Å². The first-order valence-corrected chi connectivity index (χ1v) is 5.79. The Labute approximate surface area is 98.1 Å². The maximum atomic E-state index is 8.79. The molecule has 1 heteroatoms. The molecule has 0 aromatic heterocycles. The van der Waals surface area contributed by atoms with Gasteiger partial charge in [0.05, 0.1) is 0 Å². The highest BCUT2D eigenvalue weighted by molar-refractivity contribution is 5.16. The molecule has 86 valence electrons. The van der Waals surface area contributed by atoms with E-state index in [1.54, 1.807) is 0 Å². The van der Waals surface area contributed by atoms with Crippen LogP contribution in [0.25, 0.3) is 0 Å². The maximum absolute atomic E-state index is 8.79. The zero-order chi connectivity index (χ0) is 11.8. The summed E-state index contributed by atoms with van der Waals surface area (Å²) in [4.78, 5) is 0. The second-order valence-electron chi connectivity index (χ2n) is 4.14. The fraction of sp³-hybridized carbons (Fsp3) is 0.400. The number of hydrogen-bond acceptors (Lipinski definition) is 1. The summed E-state index contributed by atoms with van der Waals surface area (Å²) in [5, 5.41) is 8.79. The van der Waals surface area contributed by atoms with E-state index in [-0.39, 0.29) is 6.61 Å². The van der Waals surface area contributed by atoms with Crippen molar-refractivity contribution in [3.63, 3.8) is 0 Å². The largest absolute Gasteiger partial charge is 0.396 e. The Kier molecular flexibility index (Phi) is 5.63. The molecule has 1 rings (SSSR count). The normalized spacial score (nSPS) is 9.69. The third-order valence-corrected chi connectivity index (χ3v) is 2.55. The molecule has 0 aliphatic carbocycles. The smallest absolute Gasteiger partial charge is 0.0474 e. The van der Waals surface area contributed by atoms with E-state index >= 15 is 0 Å². The van der Waals surface area contributed by atoms with Crippen molar-refractivity contribution in [2.75, 3.05) is 6.61 Å². The molecule has 1 N–H and O–H groups in total. The van der Waals surface area contributed by atoms with Gasteiger partial charge >= 0.3 is 0 Å². The zero-order valence-corrected chi connectivity index (χ0v) is 10.2. The summed E-state index contributed by atoms with van der Waals surface area (Å²) in [5.41, 5.74) is 7.08. The minimum atomic E-state index is 0.213. The molecule has 0 aliphatic heterocycles. The molecule has 0 fully saturated rings. The van der Waals surface area contributed by atoms with Crippen LogP contribution in [0.15, 0.2) is 47.2 Å². The monoisotopic (exact) mass is 216 g/mol. The Bertz CT molecular complexity index is 370. The number of rotatable bonds is 5. The van der Waals surface area contributed by atoms with Crippen molar-refractivity contribution in [1.29, 1.82) is 0 Å². The average Bonchev–Trinajstić information content (AvgIpc) is 2.28. The van der Waals surface area contributed by atoms with Crippen LogP contribution in [-0.2, 0) is 6.42 Å². The lowest BCUT2D eigenvalue weighted by Crippen LogP contribution is -1.86. The van der Waals surface area contributed by atoms with Gasteiger partial charge in [-0.2, -0.15) is 0 Å². The van der Waals surface area contributed by atoms with E-state index < -0.39 is 0 Å². The van der Waals surface area contributed by atoms with Crippen molar-refractivity contribution in [2.24, 2.45) is 0 Å². The molecule has 0 atom stereocenters. The van der Waals surface area contributed by atoms with Gasteiger partial charge in [-0.1, -0.05) is 30.3 Å². The molecule has 0 amide bonds. The molecule has 1 aromatic rings. The van der Waals surface area contributed by atoms with Gasteiger partial charge in [-0.15, -0.1) is 5.73 Å². The SMILES string of the molecule is CC(=C=C(C)CCc1ccccc1)CCO. The molecule has 0 saturated heterocycles. The molecule has 0 bridgehead atoms. The van der Waals surface area contributed by atoms with Crippen LogP contribution in [-0.4, -0.2) is 11.7 Å². The first-order valence-electron chi connectivity index (χ1n) is 5.79. The van der Waals surface area contributed by atoms with Crippen LogP contribution < -0.4 is 0 Å². The Morgan fingerprint density at radius 3 is 2.31 bits per heavy atom. The van der Waals surface area contributed by atoms with Crippen molar-refractivity contribution >= 4 is 0 Å². The number of aryl methyl sites for hydroxylation is 1. The van der Waals surface area contributed by atoms with Crippen molar-refractivity contribution in [3.8, 4) is 0 Å². The standard InChI is InChI=1S/C15H20O/c1-13(12-14(2)10-11-16)8-9-15-6-4-3-5-7-15/h3-7,16H,8-11H2,1-2H3. The van der Waals surface area contributed by atoms with E-state index in [1.807, 2.05) is 13.0 Å². The second-order valence-corrected chi connectivity index (χ2v) is 4.14. The van der Waals surface area contributed by atoms with E-state index in [4.69, 9.17) is 5.11 Å². The fourth-order valence-electron chi connectivity index (χ4n) is 1.63. The van der Waals surface area contributed by atoms with E-state index in [0.29, 0.717) is 0 Å². The highest BCUT2D eigenvalue weighted by atomic mass is 16.2. The van der Waals surface area contributed by atoms with E-state index in [1.165, 1.54) is 11.1 Å². The molecule has 1 nitrogen and oxygen atoms in total. The highest BCUT2D eigenvalue weighted by Gasteiger charge is 1.93. The third kappa shape index (κ3) is 4.97. The van der Waals surface area contributed by atoms with Gasteiger partial charge in [0, 0.05) is 6.61 Å². The molecule has 0 spiro atoms. The van der Waals surface area contributed by atoms with Crippen molar-refractivity contribution in [1.82, 2.24) is 0 Å². The third-order valence-electron chi connectivity index (χ3n) is 2.55. The second kappa shape index (κ2) is 7.05. The molecule has 0 radical (unpaired) electrons. The first kappa shape index (κ1) is 12.8. The Balaban J connectivity index is 2.53. The minimum absolute atomic E-state index is 0.213. The lowest BCUT2D eigenvalue weighted by atomic mass is 10.1. The lowest BCUT2D eigenvalue weighted by molar-refractivity contribution is 0.299. The van der Waals surface area contributed by atoms with Crippen molar-refractivity contribution < 1.29 is 5.11 Å². The number of aliphatic hydroxyl groups is 1. The number of hydrogen-bond donors (Lipinski definition) is 1. The van der Waals surface area contributed by atoms with E-state index in [2.05, 4.69) is 36.9 Å².